The molecule has 1 heteroatoms. The lowest BCUT2D eigenvalue weighted by Crippen LogP contribution is -2.38. The highest BCUT2D eigenvalue weighted by Crippen LogP contribution is 2.42. The van der Waals surface area contributed by atoms with E-state index in [1.807, 2.05) is 0 Å². The van der Waals surface area contributed by atoms with E-state index in [-0.39, 0.29) is 0 Å². The van der Waals surface area contributed by atoms with Crippen molar-refractivity contribution in [3.8, 4) is 0 Å². The Hall–Kier alpha value is -2.38. The first-order valence-corrected chi connectivity index (χ1v) is 11.3. The minimum absolute atomic E-state index is 0.621. The number of fused-ring (bicyclic) bond motifs is 3. The molecule has 0 N–H and O–H groups in total. The molecule has 0 spiro atoms. The van der Waals surface area contributed by atoms with Gasteiger partial charge in [-0.05, 0) is 66.2 Å². The molecule has 29 heavy (non-hydrogen) atoms. The van der Waals surface area contributed by atoms with Crippen LogP contribution in [0.25, 0.3) is 0 Å². The molecule has 3 aromatic rings. The smallest absolute Gasteiger partial charge is 0.0237 e. The van der Waals surface area contributed by atoms with Gasteiger partial charge in [-0.1, -0.05) is 84.9 Å². The summed E-state index contributed by atoms with van der Waals surface area (Å²) in [6.07, 6.45) is 6.46. The first kappa shape index (κ1) is 18.6. The average molecular weight is 382 g/mol. The van der Waals surface area contributed by atoms with Crippen molar-refractivity contribution in [2.45, 2.75) is 50.6 Å². The lowest BCUT2D eigenvalue weighted by molar-refractivity contribution is 0.178. The van der Waals surface area contributed by atoms with Crippen LogP contribution in [-0.2, 0) is 19.4 Å². The Bertz CT molecular complexity index is 917. The minimum atomic E-state index is 0.621. The Labute approximate surface area is 175 Å². The zero-order valence-electron chi connectivity index (χ0n) is 17.2. The van der Waals surface area contributed by atoms with Gasteiger partial charge in [-0.25, -0.2) is 0 Å². The molecule has 0 bridgehead atoms. The van der Waals surface area contributed by atoms with Gasteiger partial charge in [0.25, 0.3) is 0 Å². The van der Waals surface area contributed by atoms with Gasteiger partial charge >= 0.3 is 0 Å². The summed E-state index contributed by atoms with van der Waals surface area (Å²) in [7, 11) is 0. The maximum Gasteiger partial charge on any atom is 0.0237 e. The van der Waals surface area contributed by atoms with Crippen LogP contribution in [0.5, 0.6) is 0 Å². The predicted octanol–water partition coefficient (Wildman–Crippen LogP) is 6.24. The highest BCUT2D eigenvalue weighted by atomic mass is 15.2. The normalized spacial score (nSPS) is 24.3. The quantitative estimate of drug-likeness (QED) is 0.517. The zero-order valence-corrected chi connectivity index (χ0v) is 17.2. The lowest BCUT2D eigenvalue weighted by Gasteiger charge is -2.36. The Morgan fingerprint density at radius 1 is 0.690 bits per heavy atom. The number of benzene rings is 3. The van der Waals surface area contributed by atoms with E-state index in [0.29, 0.717) is 12.0 Å². The van der Waals surface area contributed by atoms with Crippen molar-refractivity contribution in [3.63, 3.8) is 0 Å². The Kier molecular flexibility index (Phi) is 5.49. The second kappa shape index (κ2) is 8.55. The molecular formula is C28H31N. The van der Waals surface area contributed by atoms with E-state index in [1.54, 1.807) is 11.1 Å². The fourth-order valence-electron chi connectivity index (χ4n) is 5.63. The maximum atomic E-state index is 2.80. The highest BCUT2D eigenvalue weighted by molar-refractivity contribution is 5.34. The molecule has 1 heterocycles. The number of hydrogen-bond acceptors (Lipinski definition) is 1. The molecule has 1 aliphatic heterocycles. The van der Waals surface area contributed by atoms with Gasteiger partial charge < -0.3 is 0 Å². The third-order valence-electron chi connectivity index (χ3n) is 7.17. The van der Waals surface area contributed by atoms with Gasteiger partial charge in [0, 0.05) is 19.1 Å². The molecule has 1 fully saturated rings. The van der Waals surface area contributed by atoms with Crippen LogP contribution in [0, 0.1) is 5.92 Å². The molecule has 1 unspecified atom stereocenters. The average Bonchev–Trinajstić information content (AvgIpc) is 2.95. The third kappa shape index (κ3) is 4.16. The van der Waals surface area contributed by atoms with Crippen LogP contribution in [0.2, 0.25) is 0 Å². The Morgan fingerprint density at radius 3 is 2.17 bits per heavy atom. The van der Waals surface area contributed by atoms with Gasteiger partial charge in [0.15, 0.2) is 0 Å². The van der Waals surface area contributed by atoms with E-state index >= 15 is 0 Å². The lowest BCUT2D eigenvalue weighted by atomic mass is 9.73. The van der Waals surface area contributed by atoms with Crippen molar-refractivity contribution in [2.75, 3.05) is 6.54 Å². The second-order valence-corrected chi connectivity index (χ2v) is 8.94. The molecule has 3 aromatic carbocycles. The Morgan fingerprint density at radius 2 is 1.38 bits per heavy atom. The molecule has 0 aromatic heterocycles. The molecule has 0 saturated carbocycles. The monoisotopic (exact) mass is 381 g/mol. The fourth-order valence-corrected chi connectivity index (χ4v) is 5.63. The van der Waals surface area contributed by atoms with Crippen LogP contribution >= 0.6 is 0 Å². The van der Waals surface area contributed by atoms with E-state index in [9.17, 15) is 0 Å². The van der Waals surface area contributed by atoms with Crippen molar-refractivity contribution < 1.29 is 0 Å². The van der Waals surface area contributed by atoms with Gasteiger partial charge in [-0.2, -0.15) is 0 Å². The SMILES string of the molecule is c1ccc(CC2CC[C@H]3CCc4ccccc4[C@H]3CN2Cc2ccccc2)cc1. The van der Waals surface area contributed by atoms with Gasteiger partial charge in [0.1, 0.15) is 0 Å². The van der Waals surface area contributed by atoms with E-state index in [0.717, 1.165) is 18.9 Å². The Balaban J connectivity index is 1.45. The number of rotatable bonds is 4. The second-order valence-electron chi connectivity index (χ2n) is 8.94. The zero-order chi connectivity index (χ0) is 19.5. The third-order valence-corrected chi connectivity index (χ3v) is 7.17. The van der Waals surface area contributed by atoms with Crippen LogP contribution < -0.4 is 0 Å². The number of aryl methyl sites for hydroxylation is 1. The van der Waals surface area contributed by atoms with E-state index < -0.39 is 0 Å². The van der Waals surface area contributed by atoms with Crippen molar-refractivity contribution >= 4 is 0 Å². The van der Waals surface area contributed by atoms with Crippen molar-refractivity contribution in [1.29, 1.82) is 0 Å². The summed E-state index contributed by atoms with van der Waals surface area (Å²) in [6, 6.07) is 32.0. The molecule has 0 amide bonds. The molecule has 1 aliphatic carbocycles. The predicted molar refractivity (Wildman–Crippen MR) is 121 cm³/mol. The maximum absolute atomic E-state index is 2.80. The largest absolute Gasteiger partial charge is 0.295 e. The molecular weight excluding hydrogens is 350 g/mol. The first-order valence-electron chi connectivity index (χ1n) is 11.3. The number of nitrogens with zero attached hydrogens (tertiary/aromatic N) is 1. The van der Waals surface area contributed by atoms with E-state index in [1.165, 1.54) is 43.4 Å². The van der Waals surface area contributed by atoms with Gasteiger partial charge in [-0.15, -0.1) is 0 Å². The fraction of sp³-hybridized carbons (Fsp3) is 0.357. The number of likely N-dealkylation sites (tertiary alicyclic amines) is 1. The minimum Gasteiger partial charge on any atom is -0.295 e. The van der Waals surface area contributed by atoms with Crippen LogP contribution in [0.3, 0.4) is 0 Å². The summed E-state index contributed by atoms with van der Waals surface area (Å²) in [6.45, 7) is 2.25. The van der Waals surface area contributed by atoms with Gasteiger partial charge in [0.2, 0.25) is 0 Å². The topological polar surface area (TPSA) is 3.24 Å². The summed E-state index contributed by atoms with van der Waals surface area (Å²) >= 11 is 0. The first-order chi connectivity index (χ1) is 14.4. The van der Waals surface area contributed by atoms with Crippen LogP contribution in [0.15, 0.2) is 84.9 Å². The number of hydrogen-bond donors (Lipinski definition) is 0. The summed E-state index contributed by atoms with van der Waals surface area (Å²) < 4.78 is 0. The van der Waals surface area contributed by atoms with Crippen molar-refractivity contribution in [1.82, 2.24) is 4.90 Å². The molecule has 2 aliphatic rings. The standard InChI is InChI=1S/C28H31N/c1-3-9-22(10-4-1)19-26-18-17-25-16-15-24-13-7-8-14-27(24)28(25)21-29(26)20-23-11-5-2-6-12-23/h1-14,25-26,28H,15-21H2/t25-,26?,28+/m1/s1. The highest BCUT2D eigenvalue weighted by Gasteiger charge is 2.36. The van der Waals surface area contributed by atoms with Crippen molar-refractivity contribution in [3.05, 3.63) is 107 Å². The van der Waals surface area contributed by atoms with Crippen molar-refractivity contribution in [2.24, 2.45) is 5.92 Å². The summed E-state index contributed by atoms with van der Waals surface area (Å²) in [5.74, 6) is 1.52. The van der Waals surface area contributed by atoms with Crippen LogP contribution in [-0.4, -0.2) is 17.5 Å². The van der Waals surface area contributed by atoms with E-state index in [4.69, 9.17) is 0 Å². The summed E-state index contributed by atoms with van der Waals surface area (Å²) in [5, 5.41) is 0. The molecule has 1 nitrogen and oxygen atoms in total. The molecule has 1 saturated heterocycles. The molecule has 3 atom stereocenters. The summed E-state index contributed by atoms with van der Waals surface area (Å²) in [5.41, 5.74) is 6.13. The van der Waals surface area contributed by atoms with Gasteiger partial charge in [-0.3, -0.25) is 4.90 Å². The molecule has 0 radical (unpaired) electrons. The van der Waals surface area contributed by atoms with Crippen LogP contribution in [0.4, 0.5) is 0 Å². The molecule has 5 rings (SSSR count). The van der Waals surface area contributed by atoms with Crippen LogP contribution in [0.1, 0.15) is 47.4 Å². The van der Waals surface area contributed by atoms with E-state index in [2.05, 4.69) is 89.8 Å². The van der Waals surface area contributed by atoms with Gasteiger partial charge in [0.05, 0.1) is 0 Å². The summed E-state index contributed by atoms with van der Waals surface area (Å²) in [4.78, 5) is 2.80. The molecule has 148 valence electrons.